The Labute approximate surface area is 213 Å². The first-order valence-corrected chi connectivity index (χ1v) is 9.87. The van der Waals surface area contributed by atoms with Crippen LogP contribution in [0.2, 0.25) is 0 Å². The normalized spacial score (nSPS) is 9.67. The summed E-state index contributed by atoms with van der Waals surface area (Å²) in [5, 5.41) is 2.69. The minimum Gasteiger partial charge on any atom is -1.00 e. The van der Waals surface area contributed by atoms with Gasteiger partial charge in [-0.05, 0) is 5.56 Å². The maximum absolute atomic E-state index is 2.26. The van der Waals surface area contributed by atoms with E-state index in [0.29, 0.717) is 0 Å². The molecule has 0 bridgehead atoms. The predicted molar refractivity (Wildman–Crippen MR) is 120 cm³/mol. The molecule has 156 valence electrons. The van der Waals surface area contributed by atoms with Gasteiger partial charge in [-0.25, -0.2) is 0 Å². The third kappa shape index (κ3) is 5.97. The summed E-state index contributed by atoms with van der Waals surface area (Å²) in [4.78, 5) is 0. The second-order valence-electron chi connectivity index (χ2n) is 7.54. The van der Waals surface area contributed by atoms with E-state index in [2.05, 4.69) is 102 Å². The summed E-state index contributed by atoms with van der Waals surface area (Å²) in [7, 11) is 0. The number of benzene rings is 2. The molecule has 4 aromatic carbocycles. The number of hydrogen-bond donors (Lipinski definition) is 0. The van der Waals surface area contributed by atoms with Gasteiger partial charge in [-0.3, -0.25) is 0 Å². The number of rotatable bonds is 2. The first-order chi connectivity index (χ1) is 12.9. The molecular formula is C27H30Cl2Zr. The average Bonchev–Trinajstić information content (AvgIpc) is 3.15. The number of hydrogen-bond acceptors (Lipinski definition) is 0. The fourth-order valence-corrected chi connectivity index (χ4v) is 4.08. The van der Waals surface area contributed by atoms with Gasteiger partial charge in [-0.15, -0.1) is 34.5 Å². The largest absolute Gasteiger partial charge is 4.00 e. The van der Waals surface area contributed by atoms with Gasteiger partial charge in [0.05, 0.1) is 0 Å². The number of halogens is 2. The molecule has 0 amide bonds. The fourth-order valence-electron chi connectivity index (χ4n) is 4.08. The molecular weight excluding hydrogens is 486 g/mol. The Bertz CT molecular complexity index is 1030. The van der Waals surface area contributed by atoms with Gasteiger partial charge in [0.25, 0.3) is 0 Å². The molecule has 30 heavy (non-hydrogen) atoms. The summed E-state index contributed by atoms with van der Waals surface area (Å²) < 4.78 is 0. The van der Waals surface area contributed by atoms with Gasteiger partial charge >= 0.3 is 26.2 Å². The van der Waals surface area contributed by atoms with Crippen LogP contribution in [0.3, 0.4) is 0 Å². The Morgan fingerprint density at radius 3 is 1.83 bits per heavy atom. The molecule has 0 nitrogen and oxygen atoms in total. The topological polar surface area (TPSA) is 0 Å². The van der Waals surface area contributed by atoms with Crippen LogP contribution in [0, 0.1) is 34.6 Å². The minimum absolute atomic E-state index is 0. The summed E-state index contributed by atoms with van der Waals surface area (Å²) in [6.45, 7) is 13.3. The Hall–Kier alpha value is -1.14. The van der Waals surface area contributed by atoms with Gasteiger partial charge in [0.2, 0.25) is 0 Å². The van der Waals surface area contributed by atoms with Crippen molar-refractivity contribution in [2.75, 3.05) is 0 Å². The molecule has 0 saturated carbocycles. The molecule has 0 fully saturated rings. The van der Waals surface area contributed by atoms with Crippen molar-refractivity contribution in [2.24, 2.45) is 0 Å². The summed E-state index contributed by atoms with van der Waals surface area (Å²) in [6.07, 6.45) is 1.17. The van der Waals surface area contributed by atoms with E-state index in [-0.39, 0.29) is 51.0 Å². The molecule has 0 radical (unpaired) electrons. The zero-order valence-electron chi connectivity index (χ0n) is 18.7. The molecule has 3 heteroatoms. The van der Waals surface area contributed by atoms with Crippen molar-refractivity contribution < 1.29 is 51.0 Å². The second-order valence-corrected chi connectivity index (χ2v) is 7.54. The Morgan fingerprint density at radius 1 is 0.767 bits per heavy atom. The minimum atomic E-state index is 0. The second kappa shape index (κ2) is 12.7. The SMILES string of the molecule is CC[c-]1c(C)c(C)c(C)c1C.Cc1cc2c(-c3ccccc3)cccc2[cH-]1.[Cl-].[Cl-].[Zr+4]. The molecule has 4 aromatic rings. The van der Waals surface area contributed by atoms with Crippen LogP contribution in [-0.4, -0.2) is 0 Å². The molecule has 0 N–H and O–H groups in total. The van der Waals surface area contributed by atoms with E-state index >= 15 is 0 Å². The Balaban J connectivity index is 0.000000541. The first kappa shape index (κ1) is 28.9. The van der Waals surface area contributed by atoms with Gasteiger partial charge in [0.1, 0.15) is 0 Å². The van der Waals surface area contributed by atoms with Crippen molar-refractivity contribution in [3.05, 3.63) is 94.0 Å². The van der Waals surface area contributed by atoms with E-state index in [0.717, 1.165) is 0 Å². The van der Waals surface area contributed by atoms with Gasteiger partial charge in [-0.2, -0.15) is 33.9 Å². The van der Waals surface area contributed by atoms with E-state index in [4.69, 9.17) is 0 Å². The van der Waals surface area contributed by atoms with Crippen LogP contribution in [0.15, 0.2) is 60.7 Å². The monoisotopic (exact) mass is 514 g/mol. The summed E-state index contributed by atoms with van der Waals surface area (Å²) in [6, 6.07) is 21.6. The van der Waals surface area contributed by atoms with E-state index < -0.39 is 0 Å². The molecule has 0 aromatic heterocycles. The van der Waals surface area contributed by atoms with E-state index in [1.165, 1.54) is 56.1 Å². The maximum Gasteiger partial charge on any atom is 4.00 e. The van der Waals surface area contributed by atoms with E-state index in [1.807, 2.05) is 0 Å². The van der Waals surface area contributed by atoms with Crippen molar-refractivity contribution in [2.45, 2.75) is 48.0 Å². The molecule has 0 aliphatic rings. The standard InChI is InChI=1S/C16H13.C11H17.2ClH.Zr/c1-12-10-14-8-5-9-15(16(14)11-12)13-6-3-2-4-7-13;1-6-11-9(4)7(2)8(3)10(11)5;;;/h2-11H,1H3;6H2,1-5H3;2*1H;/q2*-1;;;+4/p-2. The molecule has 0 aliphatic carbocycles. The van der Waals surface area contributed by atoms with E-state index in [9.17, 15) is 0 Å². The van der Waals surface area contributed by atoms with Crippen molar-refractivity contribution in [3.63, 3.8) is 0 Å². The van der Waals surface area contributed by atoms with Gasteiger partial charge in [0, 0.05) is 0 Å². The van der Waals surface area contributed by atoms with E-state index in [1.54, 1.807) is 5.56 Å². The van der Waals surface area contributed by atoms with Gasteiger partial charge in [0.15, 0.2) is 0 Å². The van der Waals surface area contributed by atoms with Crippen molar-refractivity contribution in [1.29, 1.82) is 0 Å². The quantitative estimate of drug-likeness (QED) is 0.356. The molecule has 0 aliphatic heterocycles. The molecule has 4 rings (SSSR count). The maximum atomic E-state index is 2.26. The number of fused-ring (bicyclic) bond motifs is 1. The van der Waals surface area contributed by atoms with Crippen molar-refractivity contribution in [3.8, 4) is 11.1 Å². The zero-order chi connectivity index (χ0) is 19.6. The molecule has 0 spiro atoms. The van der Waals surface area contributed by atoms with Crippen LogP contribution in [0.4, 0.5) is 0 Å². The Morgan fingerprint density at radius 2 is 1.33 bits per heavy atom. The summed E-state index contributed by atoms with van der Waals surface area (Å²) in [5.74, 6) is 0. The van der Waals surface area contributed by atoms with Crippen molar-refractivity contribution in [1.82, 2.24) is 0 Å². The fraction of sp³-hybridized carbons (Fsp3) is 0.259. The van der Waals surface area contributed by atoms with Crippen LogP contribution < -0.4 is 24.8 Å². The van der Waals surface area contributed by atoms with Crippen LogP contribution in [-0.2, 0) is 32.6 Å². The molecule has 0 unspecified atom stereocenters. The van der Waals surface area contributed by atoms with Crippen LogP contribution in [0.1, 0.15) is 40.3 Å². The average molecular weight is 517 g/mol. The van der Waals surface area contributed by atoms with Crippen molar-refractivity contribution >= 4 is 10.8 Å². The molecule has 0 heterocycles. The predicted octanol–water partition coefficient (Wildman–Crippen LogP) is 1.74. The third-order valence-electron chi connectivity index (χ3n) is 5.93. The first-order valence-electron chi connectivity index (χ1n) is 9.87. The summed E-state index contributed by atoms with van der Waals surface area (Å²) >= 11 is 0. The zero-order valence-corrected chi connectivity index (χ0v) is 22.7. The molecule has 0 saturated heterocycles. The van der Waals surface area contributed by atoms with Gasteiger partial charge in [-0.1, -0.05) is 89.9 Å². The third-order valence-corrected chi connectivity index (χ3v) is 5.93. The van der Waals surface area contributed by atoms with Crippen LogP contribution >= 0.6 is 0 Å². The van der Waals surface area contributed by atoms with Crippen LogP contribution in [0.25, 0.3) is 21.9 Å². The number of aryl methyl sites for hydroxylation is 1. The summed E-state index contributed by atoms with van der Waals surface area (Å²) in [5.41, 5.74) is 11.5. The van der Waals surface area contributed by atoms with Gasteiger partial charge < -0.3 is 24.8 Å². The Kier molecular flexibility index (Phi) is 12.2. The molecule has 0 atom stereocenters. The van der Waals surface area contributed by atoms with Crippen LogP contribution in [0.5, 0.6) is 0 Å². The smallest absolute Gasteiger partial charge is 1.00 e.